The van der Waals surface area contributed by atoms with Crippen molar-refractivity contribution in [3.63, 3.8) is 0 Å². The Hall–Kier alpha value is -2.60. The standard InChI is InChI=1S/C17H19NO5/c1-11(2)22-9-16(19)18-14-7-8-15(23-10-17(20)21)13-6-4-3-5-12(13)14/h3-8,11H,9-10H2,1-2H3,(H,18,19)(H,20,21). The number of ether oxygens (including phenoxy) is 2. The molecular weight excluding hydrogens is 298 g/mol. The predicted octanol–water partition coefficient (Wildman–Crippen LogP) is 2.67. The van der Waals surface area contributed by atoms with Crippen LogP contribution in [-0.4, -0.2) is 36.3 Å². The van der Waals surface area contributed by atoms with Crippen molar-refractivity contribution in [3.8, 4) is 5.75 Å². The van der Waals surface area contributed by atoms with Crippen LogP contribution < -0.4 is 10.1 Å². The van der Waals surface area contributed by atoms with Gasteiger partial charge in [-0.25, -0.2) is 4.79 Å². The highest BCUT2D eigenvalue weighted by Gasteiger charge is 2.11. The molecule has 0 saturated heterocycles. The van der Waals surface area contributed by atoms with Crippen molar-refractivity contribution in [1.82, 2.24) is 0 Å². The van der Waals surface area contributed by atoms with Crippen LogP contribution >= 0.6 is 0 Å². The third-order valence-corrected chi connectivity index (χ3v) is 3.06. The zero-order valence-electron chi connectivity index (χ0n) is 13.0. The molecule has 0 spiro atoms. The number of carboxylic acid groups (broad SMARTS) is 1. The van der Waals surface area contributed by atoms with Crippen molar-refractivity contribution >= 4 is 28.3 Å². The summed E-state index contributed by atoms with van der Waals surface area (Å²) in [6.45, 7) is 3.27. The molecule has 0 fully saturated rings. The fourth-order valence-corrected chi connectivity index (χ4v) is 2.07. The molecule has 2 aromatic carbocycles. The molecule has 6 nitrogen and oxygen atoms in total. The molecule has 0 radical (unpaired) electrons. The second-order valence-electron chi connectivity index (χ2n) is 5.25. The smallest absolute Gasteiger partial charge is 0.341 e. The molecule has 0 aliphatic rings. The monoisotopic (exact) mass is 317 g/mol. The molecule has 0 unspecified atom stereocenters. The van der Waals surface area contributed by atoms with Gasteiger partial charge >= 0.3 is 5.97 Å². The van der Waals surface area contributed by atoms with Crippen LogP contribution in [0.1, 0.15) is 13.8 Å². The van der Waals surface area contributed by atoms with E-state index in [4.69, 9.17) is 14.6 Å². The number of rotatable bonds is 7. The van der Waals surface area contributed by atoms with Crippen molar-refractivity contribution < 1.29 is 24.2 Å². The Balaban J connectivity index is 2.23. The third kappa shape index (κ3) is 4.69. The number of aliphatic carboxylic acids is 1. The summed E-state index contributed by atoms with van der Waals surface area (Å²) in [5.41, 5.74) is 0.626. The molecular formula is C17H19NO5. The van der Waals surface area contributed by atoms with E-state index in [2.05, 4.69) is 5.32 Å². The number of benzene rings is 2. The first-order valence-electron chi connectivity index (χ1n) is 7.25. The number of carboxylic acids is 1. The van der Waals surface area contributed by atoms with E-state index in [1.165, 1.54) is 0 Å². The molecule has 0 bridgehead atoms. The summed E-state index contributed by atoms with van der Waals surface area (Å²) in [6.07, 6.45) is -0.0238. The summed E-state index contributed by atoms with van der Waals surface area (Å²) in [5, 5.41) is 13.0. The highest BCUT2D eigenvalue weighted by atomic mass is 16.5. The second-order valence-corrected chi connectivity index (χ2v) is 5.25. The number of fused-ring (bicyclic) bond motifs is 1. The van der Waals surface area contributed by atoms with E-state index in [1.54, 1.807) is 12.1 Å². The average Bonchev–Trinajstić information content (AvgIpc) is 2.52. The molecule has 23 heavy (non-hydrogen) atoms. The van der Waals surface area contributed by atoms with Crippen molar-refractivity contribution in [1.29, 1.82) is 0 Å². The van der Waals surface area contributed by atoms with Crippen LogP contribution in [0.2, 0.25) is 0 Å². The molecule has 1 amide bonds. The number of anilines is 1. The number of hydrogen-bond donors (Lipinski definition) is 2. The maximum atomic E-state index is 11.9. The van der Waals surface area contributed by atoms with Gasteiger partial charge in [-0.15, -0.1) is 0 Å². The first-order valence-corrected chi connectivity index (χ1v) is 7.25. The average molecular weight is 317 g/mol. The minimum atomic E-state index is -1.04. The van der Waals surface area contributed by atoms with E-state index in [0.717, 1.165) is 10.8 Å². The summed E-state index contributed by atoms with van der Waals surface area (Å²) in [4.78, 5) is 22.6. The highest BCUT2D eigenvalue weighted by Crippen LogP contribution is 2.31. The van der Waals surface area contributed by atoms with Crippen molar-refractivity contribution in [3.05, 3.63) is 36.4 Å². The third-order valence-electron chi connectivity index (χ3n) is 3.06. The minimum Gasteiger partial charge on any atom is -0.481 e. The molecule has 0 aromatic heterocycles. The lowest BCUT2D eigenvalue weighted by atomic mass is 10.1. The minimum absolute atomic E-state index is 0.0238. The Bertz CT molecular complexity index is 711. The quantitative estimate of drug-likeness (QED) is 0.820. The fourth-order valence-electron chi connectivity index (χ4n) is 2.07. The lowest BCUT2D eigenvalue weighted by Gasteiger charge is -2.13. The zero-order valence-corrected chi connectivity index (χ0v) is 13.0. The van der Waals surface area contributed by atoms with Gasteiger partial charge in [0, 0.05) is 16.5 Å². The predicted molar refractivity (Wildman–Crippen MR) is 86.8 cm³/mol. The zero-order chi connectivity index (χ0) is 16.8. The molecule has 0 aliphatic carbocycles. The molecule has 6 heteroatoms. The lowest BCUT2D eigenvalue weighted by molar-refractivity contribution is -0.139. The number of hydrogen-bond acceptors (Lipinski definition) is 4. The SMILES string of the molecule is CC(C)OCC(=O)Nc1ccc(OCC(=O)O)c2ccccc12. The maximum absolute atomic E-state index is 11.9. The Morgan fingerprint density at radius 2 is 1.78 bits per heavy atom. The summed E-state index contributed by atoms with van der Waals surface area (Å²) >= 11 is 0. The largest absolute Gasteiger partial charge is 0.481 e. The van der Waals surface area contributed by atoms with Gasteiger partial charge in [0.05, 0.1) is 6.10 Å². The lowest BCUT2D eigenvalue weighted by Crippen LogP contribution is -2.20. The van der Waals surface area contributed by atoms with Gasteiger partial charge in [0.1, 0.15) is 12.4 Å². The number of carbonyl (C=O) groups is 2. The Morgan fingerprint density at radius 3 is 2.43 bits per heavy atom. The van der Waals surface area contributed by atoms with Gasteiger partial charge in [0.25, 0.3) is 0 Å². The molecule has 0 saturated carbocycles. The van der Waals surface area contributed by atoms with E-state index in [1.807, 2.05) is 38.1 Å². The summed E-state index contributed by atoms with van der Waals surface area (Å²) in [5.74, 6) is -0.834. The first-order chi connectivity index (χ1) is 11.0. The van der Waals surface area contributed by atoms with Gasteiger partial charge in [-0.1, -0.05) is 24.3 Å². The topological polar surface area (TPSA) is 84.9 Å². The summed E-state index contributed by atoms with van der Waals surface area (Å²) in [7, 11) is 0. The van der Waals surface area contributed by atoms with E-state index in [-0.39, 0.29) is 18.6 Å². The summed E-state index contributed by atoms with van der Waals surface area (Å²) in [6, 6.07) is 10.6. The van der Waals surface area contributed by atoms with Crippen LogP contribution in [0.25, 0.3) is 10.8 Å². The van der Waals surface area contributed by atoms with Crippen LogP contribution in [0, 0.1) is 0 Å². The van der Waals surface area contributed by atoms with E-state index in [0.29, 0.717) is 11.4 Å². The normalized spacial score (nSPS) is 10.7. The van der Waals surface area contributed by atoms with Gasteiger partial charge < -0.3 is 19.9 Å². The summed E-state index contributed by atoms with van der Waals surface area (Å²) < 4.78 is 10.6. The Morgan fingerprint density at radius 1 is 1.09 bits per heavy atom. The highest BCUT2D eigenvalue weighted by molar-refractivity contribution is 6.04. The molecule has 122 valence electrons. The maximum Gasteiger partial charge on any atom is 0.341 e. The van der Waals surface area contributed by atoms with Gasteiger partial charge in [0.15, 0.2) is 6.61 Å². The van der Waals surface area contributed by atoms with E-state index in [9.17, 15) is 9.59 Å². The molecule has 2 rings (SSSR count). The van der Waals surface area contributed by atoms with Crippen LogP contribution in [-0.2, 0) is 14.3 Å². The Labute approximate surface area is 134 Å². The molecule has 2 aromatic rings. The number of carbonyl (C=O) groups excluding carboxylic acids is 1. The fraction of sp³-hybridized carbons (Fsp3) is 0.294. The van der Waals surface area contributed by atoms with E-state index >= 15 is 0 Å². The second kappa shape index (κ2) is 7.60. The van der Waals surface area contributed by atoms with Gasteiger partial charge in [-0.05, 0) is 26.0 Å². The van der Waals surface area contributed by atoms with E-state index < -0.39 is 12.6 Å². The number of amides is 1. The van der Waals surface area contributed by atoms with Gasteiger partial charge in [-0.3, -0.25) is 4.79 Å². The van der Waals surface area contributed by atoms with Crippen molar-refractivity contribution in [2.24, 2.45) is 0 Å². The molecule has 0 atom stereocenters. The van der Waals surface area contributed by atoms with Crippen LogP contribution in [0.15, 0.2) is 36.4 Å². The van der Waals surface area contributed by atoms with Crippen molar-refractivity contribution in [2.75, 3.05) is 18.5 Å². The first kappa shape index (κ1) is 16.8. The van der Waals surface area contributed by atoms with Gasteiger partial charge in [-0.2, -0.15) is 0 Å². The molecule has 0 aliphatic heterocycles. The van der Waals surface area contributed by atoms with Crippen LogP contribution in [0.3, 0.4) is 0 Å². The van der Waals surface area contributed by atoms with Crippen LogP contribution in [0.5, 0.6) is 5.75 Å². The van der Waals surface area contributed by atoms with Gasteiger partial charge in [0.2, 0.25) is 5.91 Å². The number of nitrogens with one attached hydrogen (secondary N) is 1. The van der Waals surface area contributed by atoms with Crippen LogP contribution in [0.4, 0.5) is 5.69 Å². The van der Waals surface area contributed by atoms with Crippen molar-refractivity contribution in [2.45, 2.75) is 20.0 Å². The molecule has 2 N–H and O–H groups in total. The molecule has 0 heterocycles. The Kier molecular flexibility index (Phi) is 5.54.